The maximum atomic E-state index is 12.8. The number of hydrogen-bond acceptors (Lipinski definition) is 6. The fraction of sp³-hybridized carbons (Fsp3) is 0.100. The summed E-state index contributed by atoms with van der Waals surface area (Å²) in [4.78, 5) is 33.0. The first-order valence-corrected chi connectivity index (χ1v) is 8.56. The Morgan fingerprint density at radius 3 is 2.41 bits per heavy atom. The summed E-state index contributed by atoms with van der Waals surface area (Å²) in [6.07, 6.45) is 0.134. The van der Waals surface area contributed by atoms with E-state index in [1.54, 1.807) is 55.6 Å². The minimum absolute atomic E-state index is 0.0680. The molecule has 0 amide bonds. The highest BCUT2D eigenvalue weighted by Gasteiger charge is 2.20. The molecule has 0 saturated heterocycles. The third kappa shape index (κ3) is 2.98. The van der Waals surface area contributed by atoms with Crippen molar-refractivity contribution in [2.24, 2.45) is 0 Å². The summed E-state index contributed by atoms with van der Waals surface area (Å²) in [6.45, 7) is 0. The predicted octanol–water partition coefficient (Wildman–Crippen LogP) is 2.79. The van der Waals surface area contributed by atoms with Crippen LogP contribution in [-0.2, 0) is 0 Å². The Kier molecular flexibility index (Phi) is 4.47. The second-order valence-corrected chi connectivity index (χ2v) is 6.04. The number of methoxy groups -OCH3 is 2. The van der Waals surface area contributed by atoms with Gasteiger partial charge in [0, 0.05) is 11.8 Å². The number of benzene rings is 2. The number of para-hydroxylation sites is 2. The minimum atomic E-state index is -1.37. The molecule has 4 rings (SSSR count). The van der Waals surface area contributed by atoms with E-state index in [1.807, 2.05) is 0 Å². The van der Waals surface area contributed by atoms with E-state index in [2.05, 4.69) is 9.97 Å². The molecule has 146 valence electrons. The van der Waals surface area contributed by atoms with Gasteiger partial charge in [0.2, 0.25) is 5.95 Å². The molecule has 0 radical (unpaired) electrons. The van der Waals surface area contributed by atoms with Crippen LogP contribution in [0.4, 0.5) is 4.79 Å². The predicted molar refractivity (Wildman–Crippen MR) is 105 cm³/mol. The van der Waals surface area contributed by atoms with Gasteiger partial charge in [-0.25, -0.2) is 24.1 Å². The smallest absolute Gasteiger partial charge is 0.420 e. The SMILES string of the molecule is COc1ccc(-c2ccnc(-n3c(=O)n(C(=O)O)c4ccccc43)n2)cc1OC. The molecule has 0 atom stereocenters. The molecule has 1 N–H and O–H groups in total. The van der Waals surface area contributed by atoms with Gasteiger partial charge in [0.15, 0.2) is 11.5 Å². The maximum Gasteiger partial charge on any atom is 0.420 e. The van der Waals surface area contributed by atoms with Crippen molar-refractivity contribution in [2.45, 2.75) is 0 Å². The minimum Gasteiger partial charge on any atom is -0.493 e. The molecular weight excluding hydrogens is 376 g/mol. The lowest BCUT2D eigenvalue weighted by molar-refractivity contribution is 0.196. The van der Waals surface area contributed by atoms with Crippen LogP contribution in [0.3, 0.4) is 0 Å². The number of aromatic nitrogens is 4. The number of fused-ring (bicyclic) bond motifs is 1. The van der Waals surface area contributed by atoms with Gasteiger partial charge in [0.05, 0.1) is 30.9 Å². The molecule has 0 bridgehead atoms. The summed E-state index contributed by atoms with van der Waals surface area (Å²) in [5.74, 6) is 1.18. The highest BCUT2D eigenvalue weighted by Crippen LogP contribution is 2.31. The van der Waals surface area contributed by atoms with Crippen LogP contribution >= 0.6 is 0 Å². The van der Waals surface area contributed by atoms with Gasteiger partial charge in [0.25, 0.3) is 0 Å². The molecule has 0 saturated carbocycles. The summed E-state index contributed by atoms with van der Waals surface area (Å²) < 4.78 is 12.4. The topological polar surface area (TPSA) is 108 Å². The molecule has 9 nitrogen and oxygen atoms in total. The van der Waals surface area contributed by atoms with Gasteiger partial charge in [-0.1, -0.05) is 12.1 Å². The van der Waals surface area contributed by atoms with E-state index >= 15 is 0 Å². The van der Waals surface area contributed by atoms with E-state index in [4.69, 9.17) is 9.47 Å². The van der Waals surface area contributed by atoms with Crippen molar-refractivity contribution in [2.75, 3.05) is 14.2 Å². The summed E-state index contributed by atoms with van der Waals surface area (Å²) >= 11 is 0. The van der Waals surface area contributed by atoms with Crippen LogP contribution in [0, 0.1) is 0 Å². The van der Waals surface area contributed by atoms with Gasteiger partial charge in [-0.05, 0) is 36.4 Å². The normalized spacial score (nSPS) is 10.8. The first kappa shape index (κ1) is 18.2. The van der Waals surface area contributed by atoms with Crippen LogP contribution in [0.25, 0.3) is 28.2 Å². The Hall–Kier alpha value is -4.14. The van der Waals surface area contributed by atoms with Gasteiger partial charge in [-0.2, -0.15) is 4.57 Å². The summed E-state index contributed by atoms with van der Waals surface area (Å²) in [5.41, 5.74) is 1.15. The van der Waals surface area contributed by atoms with Crippen LogP contribution < -0.4 is 15.2 Å². The van der Waals surface area contributed by atoms with Gasteiger partial charge in [-0.3, -0.25) is 0 Å². The third-order valence-electron chi connectivity index (χ3n) is 4.46. The van der Waals surface area contributed by atoms with E-state index in [-0.39, 0.29) is 11.5 Å². The molecule has 2 heterocycles. The van der Waals surface area contributed by atoms with Gasteiger partial charge >= 0.3 is 11.8 Å². The van der Waals surface area contributed by atoms with Crippen molar-refractivity contribution in [1.29, 1.82) is 0 Å². The molecule has 0 unspecified atom stereocenters. The lowest BCUT2D eigenvalue weighted by Gasteiger charge is -2.10. The molecule has 0 aliphatic rings. The molecule has 4 aromatic rings. The van der Waals surface area contributed by atoms with Crippen molar-refractivity contribution < 1.29 is 19.4 Å². The second-order valence-electron chi connectivity index (χ2n) is 6.04. The van der Waals surface area contributed by atoms with Crippen LogP contribution in [-0.4, -0.2) is 44.5 Å². The molecule has 2 aromatic carbocycles. The van der Waals surface area contributed by atoms with Crippen LogP contribution in [0.5, 0.6) is 11.5 Å². The standard InChI is InChI=1S/C20H16N4O5/c1-28-16-8-7-12(11-17(16)29-2)13-9-10-21-18(22-13)23-14-5-3-4-6-15(14)24(19(23)25)20(26)27/h3-11H,1-2H3,(H,26,27). The lowest BCUT2D eigenvalue weighted by Crippen LogP contribution is -2.28. The largest absolute Gasteiger partial charge is 0.493 e. The lowest BCUT2D eigenvalue weighted by atomic mass is 10.1. The average molecular weight is 392 g/mol. The van der Waals surface area contributed by atoms with Crippen molar-refractivity contribution in [1.82, 2.24) is 19.1 Å². The van der Waals surface area contributed by atoms with E-state index in [0.29, 0.717) is 27.3 Å². The second kappa shape index (κ2) is 7.12. The van der Waals surface area contributed by atoms with Crippen molar-refractivity contribution in [3.8, 4) is 28.7 Å². The number of hydrogen-bond donors (Lipinski definition) is 1. The Balaban J connectivity index is 1.91. The summed E-state index contributed by atoms with van der Waals surface area (Å²) in [5, 5.41) is 9.45. The number of nitrogens with zero attached hydrogens (tertiary/aromatic N) is 4. The monoisotopic (exact) mass is 392 g/mol. The Morgan fingerprint density at radius 1 is 1.00 bits per heavy atom. The molecule has 2 aromatic heterocycles. The zero-order chi connectivity index (χ0) is 20.5. The average Bonchev–Trinajstić information content (AvgIpc) is 3.05. The molecule has 0 aliphatic heterocycles. The number of carboxylic acid groups (broad SMARTS) is 1. The fourth-order valence-corrected chi connectivity index (χ4v) is 3.14. The van der Waals surface area contributed by atoms with Gasteiger partial charge < -0.3 is 14.6 Å². The zero-order valence-corrected chi connectivity index (χ0v) is 15.6. The third-order valence-corrected chi connectivity index (χ3v) is 4.46. The highest BCUT2D eigenvalue weighted by atomic mass is 16.5. The van der Waals surface area contributed by atoms with Crippen molar-refractivity contribution in [3.05, 3.63) is 65.2 Å². The quantitative estimate of drug-likeness (QED) is 0.569. The van der Waals surface area contributed by atoms with Gasteiger partial charge in [0.1, 0.15) is 0 Å². The fourth-order valence-electron chi connectivity index (χ4n) is 3.14. The molecule has 0 fully saturated rings. The van der Waals surface area contributed by atoms with E-state index in [9.17, 15) is 14.7 Å². The van der Waals surface area contributed by atoms with Crippen LogP contribution in [0.2, 0.25) is 0 Å². The van der Waals surface area contributed by atoms with Crippen molar-refractivity contribution >= 4 is 17.1 Å². The Morgan fingerprint density at radius 2 is 1.72 bits per heavy atom. The molecule has 0 spiro atoms. The number of imidazole rings is 1. The number of carbonyl (C=O) groups is 1. The Bertz CT molecular complexity index is 1290. The van der Waals surface area contributed by atoms with E-state index in [1.165, 1.54) is 17.9 Å². The molecule has 29 heavy (non-hydrogen) atoms. The molecular formula is C20H16N4O5. The van der Waals surface area contributed by atoms with E-state index < -0.39 is 11.8 Å². The van der Waals surface area contributed by atoms with Crippen LogP contribution in [0.15, 0.2) is 59.5 Å². The summed E-state index contributed by atoms with van der Waals surface area (Å²) in [6, 6.07) is 13.6. The summed E-state index contributed by atoms with van der Waals surface area (Å²) in [7, 11) is 3.08. The first-order chi connectivity index (χ1) is 14.0. The van der Waals surface area contributed by atoms with E-state index in [0.717, 1.165) is 5.56 Å². The molecule has 9 heteroatoms. The van der Waals surface area contributed by atoms with Crippen molar-refractivity contribution in [3.63, 3.8) is 0 Å². The number of rotatable bonds is 4. The zero-order valence-electron chi connectivity index (χ0n) is 15.6. The maximum absolute atomic E-state index is 12.8. The number of ether oxygens (including phenoxy) is 2. The van der Waals surface area contributed by atoms with Crippen LogP contribution in [0.1, 0.15) is 0 Å². The Labute approximate surface area is 164 Å². The first-order valence-electron chi connectivity index (χ1n) is 8.56. The molecule has 0 aliphatic carbocycles. The highest BCUT2D eigenvalue weighted by molar-refractivity contribution is 5.86. The van der Waals surface area contributed by atoms with Gasteiger partial charge in [-0.15, -0.1) is 0 Å².